The third-order valence-corrected chi connectivity index (χ3v) is 6.40. The van der Waals surface area contributed by atoms with E-state index < -0.39 is 0 Å². The van der Waals surface area contributed by atoms with Crippen LogP contribution in [-0.4, -0.2) is 26.3 Å². The number of carbonyl (C=O) groups excluding carboxylic acids is 2. The summed E-state index contributed by atoms with van der Waals surface area (Å²) in [5, 5.41) is 19.4. The number of hydrogen-bond donors (Lipinski definition) is 0. The number of rotatable bonds is 6. The number of benzene rings is 2. The van der Waals surface area contributed by atoms with E-state index in [1.54, 1.807) is 42.5 Å². The van der Waals surface area contributed by atoms with Gasteiger partial charge < -0.3 is 4.57 Å². The molecule has 0 aliphatic carbocycles. The van der Waals surface area contributed by atoms with E-state index in [9.17, 15) is 20.1 Å². The van der Waals surface area contributed by atoms with Gasteiger partial charge in [-0.3, -0.25) is 14.5 Å². The van der Waals surface area contributed by atoms with Gasteiger partial charge in [-0.25, -0.2) is 4.98 Å². The van der Waals surface area contributed by atoms with Crippen molar-refractivity contribution in [2.45, 2.75) is 43.3 Å². The molecule has 0 radical (unpaired) electrons. The fourth-order valence-corrected chi connectivity index (χ4v) is 5.00. The molecule has 0 spiro atoms. The summed E-state index contributed by atoms with van der Waals surface area (Å²) >= 11 is 1.43. The molecule has 0 bridgehead atoms. The lowest BCUT2D eigenvalue weighted by atomic mass is 10.1. The average Bonchev–Trinajstić information content (AvgIpc) is 3.28. The molecule has 2 aromatic carbocycles. The van der Waals surface area contributed by atoms with Crippen LogP contribution in [0.4, 0.5) is 0 Å². The van der Waals surface area contributed by atoms with E-state index in [4.69, 9.17) is 4.98 Å². The van der Waals surface area contributed by atoms with Gasteiger partial charge in [-0.15, -0.1) is 0 Å². The van der Waals surface area contributed by atoms with E-state index in [0.29, 0.717) is 41.0 Å². The van der Waals surface area contributed by atoms with E-state index in [-0.39, 0.29) is 18.4 Å². The molecule has 7 nitrogen and oxygen atoms in total. The molecular weight excluding hydrogens is 422 g/mol. The van der Waals surface area contributed by atoms with Gasteiger partial charge in [0, 0.05) is 11.4 Å². The number of nitriles is 2. The van der Waals surface area contributed by atoms with Crippen molar-refractivity contribution in [3.05, 3.63) is 76.2 Å². The third-order valence-electron chi connectivity index (χ3n) is 5.28. The lowest BCUT2D eigenvalue weighted by molar-refractivity contribution is 0.0636. The lowest BCUT2D eigenvalue weighted by Gasteiger charge is -2.15. The Labute approximate surface area is 189 Å². The maximum absolute atomic E-state index is 12.8. The van der Waals surface area contributed by atoms with E-state index in [0.717, 1.165) is 15.6 Å². The number of carbonyl (C=O) groups is 2. The van der Waals surface area contributed by atoms with Crippen molar-refractivity contribution in [2.24, 2.45) is 0 Å². The van der Waals surface area contributed by atoms with Crippen molar-refractivity contribution >= 4 is 23.6 Å². The summed E-state index contributed by atoms with van der Waals surface area (Å²) in [4.78, 5) is 32.3. The predicted octanol–water partition coefficient (Wildman–Crippen LogP) is 4.16. The number of aryl methyl sites for hydroxylation is 1. The summed E-state index contributed by atoms with van der Waals surface area (Å²) in [7, 11) is 0. The van der Waals surface area contributed by atoms with Gasteiger partial charge >= 0.3 is 0 Å². The summed E-state index contributed by atoms with van der Waals surface area (Å²) in [6.45, 7) is 4.64. The summed E-state index contributed by atoms with van der Waals surface area (Å²) in [6, 6.07) is 16.0. The molecule has 1 aliphatic rings. The molecular formula is C24H19N5O2S. The first-order valence-electron chi connectivity index (χ1n) is 10.2. The second-order valence-corrected chi connectivity index (χ2v) is 8.25. The van der Waals surface area contributed by atoms with Crippen LogP contribution in [0.3, 0.4) is 0 Å². The van der Waals surface area contributed by atoms with E-state index in [1.165, 1.54) is 16.7 Å². The maximum atomic E-state index is 12.8. The molecule has 0 unspecified atom stereocenters. The molecule has 2 amide bonds. The van der Waals surface area contributed by atoms with Crippen LogP contribution in [0.5, 0.6) is 0 Å². The molecule has 0 N–H and O–H groups in total. The van der Waals surface area contributed by atoms with Crippen molar-refractivity contribution in [3.8, 4) is 12.1 Å². The van der Waals surface area contributed by atoms with Crippen LogP contribution in [0.25, 0.3) is 0 Å². The Bertz CT molecular complexity index is 1260. The van der Waals surface area contributed by atoms with Gasteiger partial charge in [-0.1, -0.05) is 30.8 Å². The lowest BCUT2D eigenvalue weighted by Crippen LogP contribution is -2.30. The third kappa shape index (κ3) is 3.66. The fraction of sp³-hybridized carbons (Fsp3) is 0.208. The Morgan fingerprint density at radius 2 is 1.56 bits per heavy atom. The second kappa shape index (κ2) is 8.70. The highest BCUT2D eigenvalue weighted by molar-refractivity contribution is 7.99. The number of imide groups is 1. The highest BCUT2D eigenvalue weighted by atomic mass is 32.2. The standard InChI is InChI=1S/C24H19N5O2S/c1-3-20-24(32-17-10-15(12-25)9-16(11-17)13-26)28(4-2)21(27-20)14-29-22(30)18-7-5-6-8-19(18)23(29)31/h5-11H,3-4,14H2,1-2H3. The van der Waals surface area contributed by atoms with Gasteiger partial charge in [-0.05, 0) is 43.7 Å². The molecule has 2 heterocycles. The molecule has 32 heavy (non-hydrogen) atoms. The van der Waals surface area contributed by atoms with Gasteiger partial charge in [0.1, 0.15) is 10.9 Å². The van der Waals surface area contributed by atoms with E-state index >= 15 is 0 Å². The zero-order valence-electron chi connectivity index (χ0n) is 17.6. The van der Waals surface area contributed by atoms with Gasteiger partial charge in [0.15, 0.2) is 0 Å². The van der Waals surface area contributed by atoms with Crippen LogP contribution < -0.4 is 0 Å². The van der Waals surface area contributed by atoms with Crippen molar-refractivity contribution < 1.29 is 9.59 Å². The Hall–Kier alpha value is -3.88. The largest absolute Gasteiger partial charge is 0.321 e. The zero-order chi connectivity index (χ0) is 22.8. The Morgan fingerprint density at radius 1 is 0.969 bits per heavy atom. The predicted molar refractivity (Wildman–Crippen MR) is 118 cm³/mol. The molecule has 1 aromatic heterocycles. The van der Waals surface area contributed by atoms with Crippen LogP contribution in [-0.2, 0) is 19.5 Å². The topological polar surface area (TPSA) is 103 Å². The Balaban J connectivity index is 1.70. The molecule has 0 saturated carbocycles. The first-order chi connectivity index (χ1) is 15.5. The molecule has 0 fully saturated rings. The first-order valence-corrected chi connectivity index (χ1v) is 11.0. The number of aromatic nitrogens is 2. The molecule has 4 rings (SSSR count). The van der Waals surface area contributed by atoms with Crippen LogP contribution in [0, 0.1) is 22.7 Å². The summed E-state index contributed by atoms with van der Waals surface area (Å²) in [5.41, 5.74) is 2.49. The van der Waals surface area contributed by atoms with Gasteiger partial charge in [0.05, 0.1) is 46.6 Å². The molecule has 8 heteroatoms. The monoisotopic (exact) mass is 441 g/mol. The van der Waals surface area contributed by atoms with E-state index in [2.05, 4.69) is 12.1 Å². The quantitative estimate of drug-likeness (QED) is 0.532. The number of nitrogens with zero attached hydrogens (tertiary/aromatic N) is 5. The number of fused-ring (bicyclic) bond motifs is 1. The highest BCUT2D eigenvalue weighted by Gasteiger charge is 2.36. The van der Waals surface area contributed by atoms with Gasteiger partial charge in [0.2, 0.25) is 0 Å². The minimum Gasteiger partial charge on any atom is -0.321 e. The van der Waals surface area contributed by atoms with Crippen molar-refractivity contribution in [3.63, 3.8) is 0 Å². The normalized spacial score (nSPS) is 12.6. The second-order valence-electron chi connectivity index (χ2n) is 7.19. The van der Waals surface area contributed by atoms with Crippen molar-refractivity contribution in [1.82, 2.24) is 14.5 Å². The van der Waals surface area contributed by atoms with Crippen LogP contribution in [0.1, 0.15) is 57.2 Å². The Morgan fingerprint density at radius 3 is 2.06 bits per heavy atom. The van der Waals surface area contributed by atoms with Crippen molar-refractivity contribution in [2.75, 3.05) is 0 Å². The Kier molecular flexibility index (Phi) is 5.81. The van der Waals surface area contributed by atoms with Gasteiger partial charge in [-0.2, -0.15) is 10.5 Å². The molecule has 3 aromatic rings. The van der Waals surface area contributed by atoms with Gasteiger partial charge in [0.25, 0.3) is 11.8 Å². The summed E-state index contributed by atoms with van der Waals surface area (Å²) in [5.74, 6) is -0.00826. The SMILES string of the molecule is CCc1nc(CN2C(=O)c3ccccc3C2=O)n(CC)c1Sc1cc(C#N)cc(C#N)c1. The minimum atomic E-state index is -0.316. The smallest absolute Gasteiger partial charge is 0.261 e. The summed E-state index contributed by atoms with van der Waals surface area (Å²) in [6.07, 6.45) is 0.660. The molecule has 0 atom stereocenters. The number of amides is 2. The van der Waals surface area contributed by atoms with E-state index in [1.807, 2.05) is 18.4 Å². The van der Waals surface area contributed by atoms with Crippen LogP contribution in [0.2, 0.25) is 0 Å². The summed E-state index contributed by atoms with van der Waals surface area (Å²) < 4.78 is 1.98. The van der Waals surface area contributed by atoms with Crippen LogP contribution >= 0.6 is 11.8 Å². The molecule has 0 saturated heterocycles. The maximum Gasteiger partial charge on any atom is 0.261 e. The zero-order valence-corrected chi connectivity index (χ0v) is 18.4. The highest BCUT2D eigenvalue weighted by Crippen LogP contribution is 2.34. The number of hydrogen-bond acceptors (Lipinski definition) is 6. The minimum absolute atomic E-state index is 0.0788. The first kappa shape index (κ1) is 21.4. The molecule has 158 valence electrons. The van der Waals surface area contributed by atoms with Crippen LogP contribution in [0.15, 0.2) is 52.4 Å². The molecule has 1 aliphatic heterocycles. The number of imidazole rings is 1. The fourth-order valence-electron chi connectivity index (χ4n) is 3.75. The average molecular weight is 442 g/mol. The van der Waals surface area contributed by atoms with Crippen molar-refractivity contribution in [1.29, 1.82) is 10.5 Å².